The molecule has 0 aliphatic heterocycles. The van der Waals surface area contributed by atoms with E-state index < -0.39 is 26.7 Å². The largest absolute Gasteiger partial charge is 0.392 e. The highest BCUT2D eigenvalue weighted by atomic mass is 35.5. The molecular weight excluding hydrogens is 306 g/mol. The monoisotopic (exact) mass is 319 g/mol. The summed E-state index contributed by atoms with van der Waals surface area (Å²) in [5.74, 6) is 0. The highest BCUT2D eigenvalue weighted by molar-refractivity contribution is 7.87. The maximum Gasteiger partial charge on any atom is 0.318 e. The zero-order valence-electron chi connectivity index (χ0n) is 10.9. The zero-order chi connectivity index (χ0) is 15.3. The van der Waals surface area contributed by atoms with Crippen LogP contribution in [-0.4, -0.2) is 29.9 Å². The van der Waals surface area contributed by atoms with Crippen LogP contribution in [0.15, 0.2) is 36.4 Å². The molecule has 1 aromatic heterocycles. The van der Waals surface area contributed by atoms with E-state index in [1.165, 1.54) is 32.3 Å². The molecule has 0 saturated carbocycles. The van der Waals surface area contributed by atoms with Crippen LogP contribution in [0.5, 0.6) is 0 Å². The Morgan fingerprint density at radius 1 is 1.55 bits per heavy atom. The molecule has 8 heteroatoms. The van der Waals surface area contributed by atoms with Crippen molar-refractivity contribution < 1.29 is 22.5 Å². The van der Waals surface area contributed by atoms with Crippen LogP contribution in [0.4, 0.5) is 0 Å². The lowest BCUT2D eigenvalue weighted by atomic mass is 10.1. The molecule has 0 spiro atoms. The lowest BCUT2D eigenvalue weighted by Crippen LogP contribution is -2.25. The summed E-state index contributed by atoms with van der Waals surface area (Å²) < 4.78 is 28.8. The van der Waals surface area contributed by atoms with Gasteiger partial charge < -0.3 is 9.29 Å². The maximum atomic E-state index is 12.1. The molecule has 0 bridgehead atoms. The lowest BCUT2D eigenvalue weighted by Gasteiger charge is -2.19. The fourth-order valence-corrected chi connectivity index (χ4v) is 2.87. The molecule has 0 amide bonds. The third-order valence-electron chi connectivity index (χ3n) is 2.43. The summed E-state index contributed by atoms with van der Waals surface area (Å²) >= 11 is 5.17. The number of allylic oxidation sites excluding steroid dienone is 1. The molecule has 6 nitrogen and oxygen atoms in total. The van der Waals surface area contributed by atoms with Crippen LogP contribution >= 0.6 is 11.6 Å². The summed E-state index contributed by atoms with van der Waals surface area (Å²) in [5.41, 5.74) is 0.219. The minimum absolute atomic E-state index is 0.0641. The number of rotatable bonds is 6. The molecule has 2 atom stereocenters. The fraction of sp³-hybridized carbons (Fsp3) is 0.333. The highest BCUT2D eigenvalue weighted by Gasteiger charge is 2.33. The first kappa shape index (κ1) is 16.6. The number of hydrogen-bond acceptors (Lipinski definition) is 6. The van der Waals surface area contributed by atoms with E-state index in [9.17, 15) is 18.3 Å². The van der Waals surface area contributed by atoms with Crippen molar-refractivity contribution in [2.24, 2.45) is 0 Å². The second-order valence-corrected chi connectivity index (χ2v) is 6.14. The summed E-state index contributed by atoms with van der Waals surface area (Å²) in [7, 11) is -4.18. The van der Waals surface area contributed by atoms with E-state index in [1.54, 1.807) is 6.07 Å². The molecule has 1 heterocycles. The maximum absolute atomic E-state index is 12.1. The van der Waals surface area contributed by atoms with Gasteiger partial charge in [0.25, 0.3) is 5.24 Å². The van der Waals surface area contributed by atoms with Gasteiger partial charge in [-0.2, -0.15) is 8.42 Å². The number of aliphatic hydroxyl groups is 1. The van der Waals surface area contributed by atoms with Gasteiger partial charge in [0.2, 0.25) is 0 Å². The van der Waals surface area contributed by atoms with E-state index in [-0.39, 0.29) is 11.1 Å². The Balaban J connectivity index is 3.09. The predicted octanol–water partition coefficient (Wildman–Crippen LogP) is 1.52. The Kier molecular flexibility index (Phi) is 5.67. The first-order chi connectivity index (χ1) is 9.25. The molecule has 0 fully saturated rings. The van der Waals surface area contributed by atoms with Gasteiger partial charge in [0.15, 0.2) is 0 Å². The fourth-order valence-electron chi connectivity index (χ4n) is 1.48. The molecule has 110 valence electrons. The zero-order valence-corrected chi connectivity index (χ0v) is 12.4. The van der Waals surface area contributed by atoms with Gasteiger partial charge in [-0.3, -0.25) is 9.78 Å². The molecule has 1 aromatic rings. The number of aliphatic hydroxyl groups excluding tert-OH is 1. The summed E-state index contributed by atoms with van der Waals surface area (Å²) in [5, 5.41) is 7.54. The number of carbonyl (C=O) groups is 1. The van der Waals surface area contributed by atoms with Crippen molar-refractivity contribution in [3.8, 4) is 0 Å². The first-order valence-corrected chi connectivity index (χ1v) is 7.47. The lowest BCUT2D eigenvalue weighted by molar-refractivity contribution is -0.108. The molecule has 0 aromatic carbocycles. The van der Waals surface area contributed by atoms with E-state index in [0.717, 1.165) is 6.26 Å². The Bertz CT molecular complexity index is 598. The van der Waals surface area contributed by atoms with Crippen molar-refractivity contribution in [1.82, 2.24) is 4.98 Å². The summed E-state index contributed by atoms with van der Waals surface area (Å²) in [4.78, 5) is 14.6. The van der Waals surface area contributed by atoms with Crippen LogP contribution in [0, 0.1) is 0 Å². The van der Waals surface area contributed by atoms with Crippen molar-refractivity contribution in [3.05, 3.63) is 41.9 Å². The highest BCUT2D eigenvalue weighted by Crippen LogP contribution is 2.27. The van der Waals surface area contributed by atoms with Crippen LogP contribution in [0.1, 0.15) is 24.7 Å². The summed E-state index contributed by atoms with van der Waals surface area (Å²) in [6.45, 7) is 2.63. The third-order valence-corrected chi connectivity index (χ3v) is 4.38. The summed E-state index contributed by atoms with van der Waals surface area (Å²) in [6, 6.07) is 3.05. The number of nitrogens with zero attached hydrogens (tertiary/aromatic N) is 1. The standard InChI is InChI=1S/C12H14ClNO5S/c1-8(12(13)16)7-19-20(17,18)11(9(2)15)10-4-3-5-14-6-10/h3-7,9,11,15H,1-2H3/b8-7+. The molecule has 0 radical (unpaired) electrons. The number of aromatic nitrogens is 1. The van der Waals surface area contributed by atoms with Crippen LogP contribution in [-0.2, 0) is 19.1 Å². The van der Waals surface area contributed by atoms with Crippen LogP contribution in [0.3, 0.4) is 0 Å². The van der Waals surface area contributed by atoms with Gasteiger partial charge in [-0.1, -0.05) is 6.07 Å². The molecule has 20 heavy (non-hydrogen) atoms. The number of halogens is 1. The van der Waals surface area contributed by atoms with E-state index in [4.69, 9.17) is 11.6 Å². The van der Waals surface area contributed by atoms with E-state index >= 15 is 0 Å². The van der Waals surface area contributed by atoms with Crippen LogP contribution in [0.2, 0.25) is 0 Å². The van der Waals surface area contributed by atoms with Crippen molar-refractivity contribution in [2.75, 3.05) is 0 Å². The van der Waals surface area contributed by atoms with Gasteiger partial charge in [-0.25, -0.2) is 0 Å². The van der Waals surface area contributed by atoms with E-state index in [1.807, 2.05) is 0 Å². The van der Waals surface area contributed by atoms with E-state index in [0.29, 0.717) is 0 Å². The average Bonchev–Trinajstić information content (AvgIpc) is 2.36. The quantitative estimate of drug-likeness (QED) is 0.370. The summed E-state index contributed by atoms with van der Waals surface area (Å²) in [6.07, 6.45) is 2.33. The number of hydrogen-bond donors (Lipinski definition) is 1. The minimum atomic E-state index is -4.18. The van der Waals surface area contributed by atoms with E-state index in [2.05, 4.69) is 9.17 Å². The van der Waals surface area contributed by atoms with Crippen molar-refractivity contribution in [1.29, 1.82) is 0 Å². The van der Waals surface area contributed by atoms with Gasteiger partial charge in [0, 0.05) is 18.0 Å². The average molecular weight is 320 g/mol. The smallest absolute Gasteiger partial charge is 0.318 e. The molecule has 1 N–H and O–H groups in total. The Hall–Kier alpha value is -1.44. The topological polar surface area (TPSA) is 93.6 Å². The van der Waals surface area contributed by atoms with Gasteiger partial charge in [-0.15, -0.1) is 0 Å². The van der Waals surface area contributed by atoms with Crippen molar-refractivity contribution in [2.45, 2.75) is 25.2 Å². The molecule has 2 unspecified atom stereocenters. The molecule has 0 saturated heterocycles. The molecule has 0 aliphatic carbocycles. The third kappa shape index (κ3) is 4.29. The Morgan fingerprint density at radius 3 is 2.65 bits per heavy atom. The molecule has 0 aliphatic rings. The van der Waals surface area contributed by atoms with Crippen LogP contribution in [0.25, 0.3) is 0 Å². The van der Waals surface area contributed by atoms with Gasteiger partial charge in [0.05, 0.1) is 6.10 Å². The Morgan fingerprint density at radius 2 is 2.20 bits per heavy atom. The molecule has 1 rings (SSSR count). The van der Waals surface area contributed by atoms with Gasteiger partial charge in [-0.05, 0) is 37.1 Å². The normalized spacial score (nSPS) is 15.5. The van der Waals surface area contributed by atoms with Crippen LogP contribution < -0.4 is 0 Å². The molecular formula is C12H14ClNO5S. The SMILES string of the molecule is C/C(=C\OS(=O)(=O)C(c1cccnc1)C(C)O)C(=O)Cl. The van der Waals surface area contributed by atoms with Gasteiger partial charge >= 0.3 is 10.1 Å². The number of pyridine rings is 1. The first-order valence-electron chi connectivity index (χ1n) is 5.62. The van der Waals surface area contributed by atoms with Crippen molar-refractivity contribution >= 4 is 27.0 Å². The Labute approximate surface area is 122 Å². The second kappa shape index (κ2) is 6.83. The predicted molar refractivity (Wildman–Crippen MR) is 73.3 cm³/mol. The second-order valence-electron chi connectivity index (χ2n) is 4.11. The number of carbonyl (C=O) groups excluding carboxylic acids is 1. The van der Waals surface area contributed by atoms with Crippen molar-refractivity contribution in [3.63, 3.8) is 0 Å². The van der Waals surface area contributed by atoms with Gasteiger partial charge in [0.1, 0.15) is 11.5 Å². The minimum Gasteiger partial charge on any atom is -0.392 e.